The van der Waals surface area contributed by atoms with E-state index in [9.17, 15) is 14.7 Å². The standard InChI is InChI=1S/C29H33NO4S/c1-3-18(14-20-8-5-6-10-24(20)31)11-12-25-26-19(4-2)15-22-27(23(26)17-34-25)29(33)30(28(22)32)16-21-9-7-13-35-21/h5-10,13-14,22-23,25,27,31H,3-4,11-12,15-17H2,1-2H3/b18-14+/t22-,23+,25-,27-/m1/s1. The molecule has 0 spiro atoms. The van der Waals surface area contributed by atoms with Crippen molar-refractivity contribution >= 4 is 29.2 Å². The summed E-state index contributed by atoms with van der Waals surface area (Å²) in [6.07, 6.45) is 6.25. The van der Waals surface area contributed by atoms with Gasteiger partial charge in [0.15, 0.2) is 0 Å². The zero-order valence-electron chi connectivity index (χ0n) is 20.4. The van der Waals surface area contributed by atoms with Gasteiger partial charge in [0.05, 0.1) is 31.1 Å². The Morgan fingerprint density at radius 3 is 2.69 bits per heavy atom. The minimum absolute atomic E-state index is 0.00529. The third kappa shape index (κ3) is 4.50. The summed E-state index contributed by atoms with van der Waals surface area (Å²) >= 11 is 1.58. The predicted octanol–water partition coefficient (Wildman–Crippen LogP) is 5.95. The number of para-hydroxylation sites is 1. The van der Waals surface area contributed by atoms with Gasteiger partial charge in [-0.1, -0.05) is 55.3 Å². The summed E-state index contributed by atoms with van der Waals surface area (Å²) in [7, 11) is 0. The van der Waals surface area contributed by atoms with Crippen LogP contribution in [-0.2, 0) is 20.9 Å². The lowest BCUT2D eigenvalue weighted by molar-refractivity contribution is -0.140. The summed E-state index contributed by atoms with van der Waals surface area (Å²) < 4.78 is 6.32. The summed E-state index contributed by atoms with van der Waals surface area (Å²) in [4.78, 5) is 29.3. The Balaban J connectivity index is 1.34. The van der Waals surface area contributed by atoms with Gasteiger partial charge in [-0.3, -0.25) is 14.5 Å². The van der Waals surface area contributed by atoms with Gasteiger partial charge in [-0.2, -0.15) is 0 Å². The molecular weight excluding hydrogens is 458 g/mol. The molecule has 35 heavy (non-hydrogen) atoms. The summed E-state index contributed by atoms with van der Waals surface area (Å²) in [5.74, 6) is -0.280. The number of fused-ring (bicyclic) bond motifs is 3. The Hall–Kier alpha value is -2.70. The van der Waals surface area contributed by atoms with E-state index in [4.69, 9.17) is 4.74 Å². The molecule has 4 atom stereocenters. The van der Waals surface area contributed by atoms with Crippen LogP contribution in [0.5, 0.6) is 5.75 Å². The number of hydrogen-bond acceptors (Lipinski definition) is 5. The van der Waals surface area contributed by atoms with Crippen LogP contribution in [0, 0.1) is 17.8 Å². The van der Waals surface area contributed by atoms with Gasteiger partial charge >= 0.3 is 0 Å². The predicted molar refractivity (Wildman–Crippen MR) is 138 cm³/mol. The van der Waals surface area contributed by atoms with Crippen molar-refractivity contribution in [3.8, 4) is 5.75 Å². The van der Waals surface area contributed by atoms with Crippen LogP contribution in [-0.4, -0.2) is 34.5 Å². The Bertz CT molecular complexity index is 1170. The number of carbonyl (C=O) groups excluding carboxylic acids is 2. The van der Waals surface area contributed by atoms with Crippen molar-refractivity contribution < 1.29 is 19.4 Å². The van der Waals surface area contributed by atoms with Gasteiger partial charge in [0.25, 0.3) is 0 Å². The van der Waals surface area contributed by atoms with E-state index < -0.39 is 0 Å². The third-order valence-corrected chi connectivity index (χ3v) is 8.76. The van der Waals surface area contributed by atoms with Crippen LogP contribution < -0.4 is 0 Å². The maximum Gasteiger partial charge on any atom is 0.234 e. The molecule has 1 aromatic heterocycles. The number of phenols is 1. The van der Waals surface area contributed by atoms with Crippen LogP contribution in [0.25, 0.3) is 6.08 Å². The fourth-order valence-electron chi connectivity index (χ4n) is 6.09. The number of benzene rings is 1. The van der Waals surface area contributed by atoms with Crippen LogP contribution in [0.3, 0.4) is 0 Å². The van der Waals surface area contributed by atoms with Crippen molar-refractivity contribution in [2.75, 3.05) is 6.61 Å². The van der Waals surface area contributed by atoms with Gasteiger partial charge < -0.3 is 9.84 Å². The summed E-state index contributed by atoms with van der Waals surface area (Å²) in [6, 6.07) is 11.3. The van der Waals surface area contributed by atoms with E-state index in [1.165, 1.54) is 21.6 Å². The van der Waals surface area contributed by atoms with Gasteiger partial charge in [0.2, 0.25) is 11.8 Å². The Kier molecular flexibility index (Phi) is 6.94. The molecule has 5 nitrogen and oxygen atoms in total. The summed E-state index contributed by atoms with van der Waals surface area (Å²) in [6.45, 7) is 5.18. The molecule has 2 amide bonds. The molecule has 5 rings (SSSR count). The molecular formula is C29H33NO4S. The monoisotopic (exact) mass is 491 g/mol. The molecule has 1 aromatic carbocycles. The number of imide groups is 1. The number of aromatic hydroxyl groups is 1. The first-order valence-corrected chi connectivity index (χ1v) is 13.6. The van der Waals surface area contributed by atoms with Crippen molar-refractivity contribution in [2.45, 2.75) is 58.6 Å². The minimum atomic E-state index is -0.291. The van der Waals surface area contributed by atoms with E-state index in [2.05, 4.69) is 19.9 Å². The molecule has 0 radical (unpaired) electrons. The van der Waals surface area contributed by atoms with Crippen molar-refractivity contribution in [1.29, 1.82) is 0 Å². The molecule has 3 aliphatic rings. The smallest absolute Gasteiger partial charge is 0.234 e. The average Bonchev–Trinajstić information content (AvgIpc) is 3.59. The number of amides is 2. The molecule has 0 bridgehead atoms. The number of ether oxygens (including phenoxy) is 1. The molecule has 6 heteroatoms. The molecule has 1 N–H and O–H groups in total. The number of hydrogen-bond donors (Lipinski definition) is 1. The Morgan fingerprint density at radius 2 is 1.97 bits per heavy atom. The lowest BCUT2D eigenvalue weighted by atomic mass is 9.69. The molecule has 0 unspecified atom stereocenters. The van der Waals surface area contributed by atoms with E-state index in [-0.39, 0.29) is 35.7 Å². The van der Waals surface area contributed by atoms with Crippen molar-refractivity contribution in [2.24, 2.45) is 17.8 Å². The largest absolute Gasteiger partial charge is 0.507 e. The lowest BCUT2D eigenvalue weighted by Gasteiger charge is -2.31. The fourth-order valence-corrected chi connectivity index (χ4v) is 6.78. The number of rotatable bonds is 8. The average molecular weight is 492 g/mol. The molecule has 2 fully saturated rings. The zero-order chi connectivity index (χ0) is 24.5. The van der Waals surface area contributed by atoms with Gasteiger partial charge in [-0.25, -0.2) is 0 Å². The highest BCUT2D eigenvalue weighted by Crippen LogP contribution is 2.50. The van der Waals surface area contributed by atoms with Crippen molar-refractivity contribution in [3.05, 3.63) is 68.9 Å². The minimum Gasteiger partial charge on any atom is -0.507 e. The maximum absolute atomic E-state index is 13.5. The summed E-state index contributed by atoms with van der Waals surface area (Å²) in [5.41, 5.74) is 4.69. The highest BCUT2D eigenvalue weighted by Gasteiger charge is 2.56. The van der Waals surface area contributed by atoms with Crippen LogP contribution >= 0.6 is 11.3 Å². The molecule has 2 aliphatic heterocycles. The van der Waals surface area contributed by atoms with Gasteiger partial charge in [-0.05, 0) is 55.2 Å². The Labute approximate surface area is 211 Å². The number of likely N-dealkylation sites (tertiary alicyclic amines) is 1. The van der Waals surface area contributed by atoms with Crippen molar-refractivity contribution in [3.63, 3.8) is 0 Å². The SMILES string of the molecule is CCC1=C2[C@@H](CC/C(=C/c3ccccc3O)CC)OC[C@@H]2[C@@H]2C(=O)N(Cc3cccs3)C(=O)[C@@H]2C1. The molecule has 2 aromatic rings. The van der Waals surface area contributed by atoms with E-state index in [1.807, 2.05) is 35.7 Å². The Morgan fingerprint density at radius 1 is 1.14 bits per heavy atom. The van der Waals surface area contributed by atoms with E-state index >= 15 is 0 Å². The highest BCUT2D eigenvalue weighted by atomic mass is 32.1. The number of allylic oxidation sites excluding steroid dienone is 2. The quantitative estimate of drug-likeness (QED) is 0.366. The molecule has 1 aliphatic carbocycles. The van der Waals surface area contributed by atoms with Crippen LogP contribution in [0.2, 0.25) is 0 Å². The first kappa shape index (κ1) is 24.0. The second-order valence-corrected chi connectivity index (χ2v) is 10.8. The van der Waals surface area contributed by atoms with E-state index in [0.717, 1.165) is 36.1 Å². The maximum atomic E-state index is 13.5. The zero-order valence-corrected chi connectivity index (χ0v) is 21.2. The first-order valence-electron chi connectivity index (χ1n) is 12.7. The van der Waals surface area contributed by atoms with Gasteiger partial charge in [-0.15, -0.1) is 11.3 Å². The van der Waals surface area contributed by atoms with Gasteiger partial charge in [0, 0.05) is 16.4 Å². The number of carbonyl (C=O) groups is 2. The number of thiophene rings is 1. The molecule has 2 saturated heterocycles. The normalized spacial score (nSPS) is 26.5. The fraction of sp³-hybridized carbons (Fsp3) is 0.448. The number of phenolic OH excluding ortho intramolecular Hbond substituents is 1. The topological polar surface area (TPSA) is 66.8 Å². The van der Waals surface area contributed by atoms with Crippen molar-refractivity contribution in [1.82, 2.24) is 4.90 Å². The molecule has 0 saturated carbocycles. The van der Waals surface area contributed by atoms with Crippen LogP contribution in [0.4, 0.5) is 0 Å². The number of nitrogens with zero attached hydrogens (tertiary/aromatic N) is 1. The highest BCUT2D eigenvalue weighted by molar-refractivity contribution is 7.09. The van der Waals surface area contributed by atoms with Gasteiger partial charge in [0.1, 0.15) is 5.75 Å². The van der Waals surface area contributed by atoms with Crippen LogP contribution in [0.15, 0.2) is 58.5 Å². The van der Waals surface area contributed by atoms with E-state index in [1.54, 1.807) is 17.4 Å². The lowest BCUT2D eigenvalue weighted by Crippen LogP contribution is -2.34. The summed E-state index contributed by atoms with van der Waals surface area (Å²) in [5, 5.41) is 12.1. The second-order valence-electron chi connectivity index (χ2n) is 9.77. The van der Waals surface area contributed by atoms with Crippen LogP contribution in [0.1, 0.15) is 56.4 Å². The van der Waals surface area contributed by atoms with E-state index in [0.29, 0.717) is 25.3 Å². The second kappa shape index (κ2) is 10.1. The molecule has 184 valence electrons. The first-order chi connectivity index (χ1) is 17.0. The molecule has 3 heterocycles. The third-order valence-electron chi connectivity index (χ3n) is 7.90.